The van der Waals surface area contributed by atoms with Crippen LogP contribution in [0, 0.1) is 5.92 Å². The lowest BCUT2D eigenvalue weighted by Gasteiger charge is -2.30. The first kappa shape index (κ1) is 17.3. The molecule has 1 atom stereocenters. The van der Waals surface area contributed by atoms with E-state index in [4.69, 9.17) is 5.73 Å². The fraction of sp³-hybridized carbons (Fsp3) is 0.421. The molecule has 136 valence electrons. The number of primary amides is 1. The molecule has 3 heterocycles. The summed E-state index contributed by atoms with van der Waals surface area (Å²) < 4.78 is 2.90. The predicted molar refractivity (Wildman–Crippen MR) is 102 cm³/mol. The van der Waals surface area contributed by atoms with Gasteiger partial charge in [0.2, 0.25) is 11.3 Å². The molecule has 2 N–H and O–H groups in total. The molecule has 0 aliphatic carbocycles. The first-order valence-corrected chi connectivity index (χ1v) is 9.62. The van der Waals surface area contributed by atoms with Gasteiger partial charge in [0.25, 0.3) is 5.91 Å². The van der Waals surface area contributed by atoms with Crippen molar-refractivity contribution in [1.29, 1.82) is 0 Å². The third-order valence-electron chi connectivity index (χ3n) is 5.57. The number of aromatic nitrogens is 1. The normalized spacial score (nSPS) is 19.9. The van der Waals surface area contributed by atoms with Crippen LogP contribution in [0.4, 0.5) is 0 Å². The van der Waals surface area contributed by atoms with Crippen LogP contribution in [0.25, 0.3) is 10.9 Å². The smallest absolute Gasteiger partial charge is 0.259 e. The van der Waals surface area contributed by atoms with E-state index in [1.165, 1.54) is 0 Å². The van der Waals surface area contributed by atoms with E-state index in [1.807, 2.05) is 10.6 Å². The van der Waals surface area contributed by atoms with Crippen LogP contribution < -0.4 is 11.2 Å². The molecule has 4 rings (SSSR count). The highest BCUT2D eigenvalue weighted by molar-refractivity contribution is 9.10. The van der Waals surface area contributed by atoms with E-state index >= 15 is 0 Å². The molecule has 1 fully saturated rings. The topological polar surface area (TPSA) is 85.4 Å². The molecule has 0 bridgehead atoms. The summed E-state index contributed by atoms with van der Waals surface area (Å²) in [6.07, 6.45) is 3.66. The van der Waals surface area contributed by atoms with Gasteiger partial charge in [0, 0.05) is 41.1 Å². The lowest BCUT2D eigenvalue weighted by Crippen LogP contribution is -2.43. The summed E-state index contributed by atoms with van der Waals surface area (Å²) in [5, 5.41) is 0.580. The van der Waals surface area contributed by atoms with Gasteiger partial charge in [0.05, 0.1) is 5.52 Å². The molecule has 0 radical (unpaired) electrons. The van der Waals surface area contributed by atoms with Crippen LogP contribution >= 0.6 is 15.9 Å². The van der Waals surface area contributed by atoms with Crippen molar-refractivity contribution in [1.82, 2.24) is 9.47 Å². The second-order valence-corrected chi connectivity index (χ2v) is 8.18. The maximum Gasteiger partial charge on any atom is 0.259 e. The Labute approximate surface area is 159 Å². The van der Waals surface area contributed by atoms with Gasteiger partial charge in [-0.05, 0) is 43.9 Å². The molecular formula is C19H20BrN3O3. The quantitative estimate of drug-likeness (QED) is 0.812. The average molecular weight is 418 g/mol. The summed E-state index contributed by atoms with van der Waals surface area (Å²) in [4.78, 5) is 39.0. The van der Waals surface area contributed by atoms with Gasteiger partial charge in [0.15, 0.2) is 0 Å². The van der Waals surface area contributed by atoms with Crippen LogP contribution in [-0.2, 0) is 11.2 Å². The van der Waals surface area contributed by atoms with Gasteiger partial charge in [-0.1, -0.05) is 15.9 Å². The first-order chi connectivity index (χ1) is 12.4. The number of hydrogen-bond acceptors (Lipinski definition) is 3. The number of carbonyl (C=O) groups is 2. The monoisotopic (exact) mass is 417 g/mol. The van der Waals surface area contributed by atoms with Gasteiger partial charge >= 0.3 is 0 Å². The zero-order valence-corrected chi connectivity index (χ0v) is 16.1. The highest BCUT2D eigenvalue weighted by atomic mass is 79.9. The van der Waals surface area contributed by atoms with Crippen molar-refractivity contribution >= 4 is 38.6 Å². The summed E-state index contributed by atoms with van der Waals surface area (Å²) >= 11 is 3.47. The zero-order chi connectivity index (χ0) is 18.6. The van der Waals surface area contributed by atoms with Crippen molar-refractivity contribution < 1.29 is 9.59 Å². The number of pyridine rings is 1. The van der Waals surface area contributed by atoms with Gasteiger partial charge in [-0.25, -0.2) is 0 Å². The van der Waals surface area contributed by atoms with Crippen LogP contribution in [0.15, 0.2) is 27.6 Å². The first-order valence-electron chi connectivity index (χ1n) is 8.82. The molecule has 2 aromatic rings. The Kier molecular flexibility index (Phi) is 4.14. The van der Waals surface area contributed by atoms with Crippen molar-refractivity contribution in [2.75, 3.05) is 13.1 Å². The highest BCUT2D eigenvalue weighted by Crippen LogP contribution is 2.33. The number of piperidine rings is 1. The number of amides is 2. The summed E-state index contributed by atoms with van der Waals surface area (Å²) in [6, 6.07) is 4.04. The van der Waals surface area contributed by atoms with Gasteiger partial charge in [-0.3, -0.25) is 14.4 Å². The molecule has 1 aromatic carbocycles. The molecular weight excluding hydrogens is 398 g/mol. The molecule has 2 aliphatic rings. The van der Waals surface area contributed by atoms with E-state index in [0.29, 0.717) is 31.3 Å². The van der Waals surface area contributed by atoms with E-state index in [-0.39, 0.29) is 34.8 Å². The van der Waals surface area contributed by atoms with Gasteiger partial charge in [-0.15, -0.1) is 0 Å². The fourth-order valence-electron chi connectivity index (χ4n) is 4.15. The number of rotatable bonds is 2. The minimum Gasteiger partial charge on any atom is -0.369 e. The van der Waals surface area contributed by atoms with E-state index in [0.717, 1.165) is 22.0 Å². The molecule has 1 aromatic heterocycles. The van der Waals surface area contributed by atoms with E-state index < -0.39 is 0 Å². The maximum atomic E-state index is 13.0. The van der Waals surface area contributed by atoms with Gasteiger partial charge < -0.3 is 15.2 Å². The third-order valence-corrected chi connectivity index (χ3v) is 6.03. The van der Waals surface area contributed by atoms with Gasteiger partial charge in [0.1, 0.15) is 5.56 Å². The Hall–Kier alpha value is -2.15. The second kappa shape index (κ2) is 6.23. The molecule has 0 spiro atoms. The summed E-state index contributed by atoms with van der Waals surface area (Å²) in [5.74, 6) is -0.764. The average Bonchev–Trinajstić information content (AvgIpc) is 2.92. The van der Waals surface area contributed by atoms with Crippen molar-refractivity contribution in [2.24, 2.45) is 11.7 Å². The van der Waals surface area contributed by atoms with Crippen molar-refractivity contribution in [2.45, 2.75) is 32.2 Å². The van der Waals surface area contributed by atoms with E-state index in [2.05, 4.69) is 22.9 Å². The standard InChI is InChI=1S/C19H20BrN3O3/c1-10-6-12-7-13(20)8-14-16(12)23(10)9-15(17(14)24)19(26)22-4-2-11(3-5-22)18(21)25/h7-11H,2-6H2,1H3,(H2,21,25)/t10-/m1/s1. The fourth-order valence-corrected chi connectivity index (χ4v) is 4.66. The molecule has 6 nitrogen and oxygen atoms in total. The summed E-state index contributed by atoms with van der Waals surface area (Å²) in [5.41, 5.74) is 7.38. The SMILES string of the molecule is C[C@@H]1Cc2cc(Br)cc3c(=O)c(C(=O)N4CCC(C(N)=O)CC4)cn1c23. The van der Waals surface area contributed by atoms with Crippen LogP contribution in [0.3, 0.4) is 0 Å². The predicted octanol–water partition coefficient (Wildman–Crippen LogP) is 2.22. The van der Waals surface area contributed by atoms with Crippen LogP contribution in [0.2, 0.25) is 0 Å². The second-order valence-electron chi connectivity index (χ2n) is 7.26. The van der Waals surface area contributed by atoms with Crippen molar-refractivity contribution in [3.05, 3.63) is 44.2 Å². The van der Waals surface area contributed by atoms with Crippen molar-refractivity contribution in [3.8, 4) is 0 Å². The molecule has 2 amide bonds. The Morgan fingerprint density at radius 2 is 1.92 bits per heavy atom. The zero-order valence-electron chi connectivity index (χ0n) is 14.5. The Morgan fingerprint density at radius 3 is 2.58 bits per heavy atom. The number of benzene rings is 1. The Bertz CT molecular complexity index is 990. The lowest BCUT2D eigenvalue weighted by molar-refractivity contribution is -0.123. The number of nitrogens with two attached hydrogens (primary N) is 1. The Morgan fingerprint density at radius 1 is 1.23 bits per heavy atom. The van der Waals surface area contributed by atoms with Crippen molar-refractivity contribution in [3.63, 3.8) is 0 Å². The van der Waals surface area contributed by atoms with E-state index in [1.54, 1.807) is 17.2 Å². The number of nitrogens with zero attached hydrogens (tertiary/aromatic N) is 2. The number of likely N-dealkylation sites (tertiary alicyclic amines) is 1. The van der Waals surface area contributed by atoms with Crippen LogP contribution in [-0.4, -0.2) is 34.4 Å². The molecule has 0 saturated carbocycles. The maximum absolute atomic E-state index is 13.0. The molecule has 26 heavy (non-hydrogen) atoms. The number of halogens is 1. The van der Waals surface area contributed by atoms with E-state index in [9.17, 15) is 14.4 Å². The molecule has 2 aliphatic heterocycles. The largest absolute Gasteiger partial charge is 0.369 e. The molecule has 7 heteroatoms. The number of hydrogen-bond donors (Lipinski definition) is 1. The minimum atomic E-state index is -0.317. The van der Waals surface area contributed by atoms with Crippen LogP contribution in [0.1, 0.15) is 41.7 Å². The summed E-state index contributed by atoms with van der Waals surface area (Å²) in [6.45, 7) is 2.98. The summed E-state index contributed by atoms with van der Waals surface area (Å²) in [7, 11) is 0. The lowest BCUT2D eigenvalue weighted by atomic mass is 9.96. The van der Waals surface area contributed by atoms with Gasteiger partial charge in [-0.2, -0.15) is 0 Å². The molecule has 0 unspecified atom stereocenters. The Balaban J connectivity index is 1.75. The number of carbonyl (C=O) groups excluding carboxylic acids is 2. The third kappa shape index (κ3) is 2.65. The molecule has 1 saturated heterocycles. The minimum absolute atomic E-state index is 0.187. The highest BCUT2D eigenvalue weighted by Gasteiger charge is 2.30. The van der Waals surface area contributed by atoms with Crippen LogP contribution in [0.5, 0.6) is 0 Å².